The van der Waals surface area contributed by atoms with E-state index in [1.807, 2.05) is 49.4 Å². The van der Waals surface area contributed by atoms with Gasteiger partial charge in [-0.1, -0.05) is 71.8 Å². The molecule has 1 atom stereocenters. The second-order valence-electron chi connectivity index (χ2n) is 6.77. The monoisotopic (exact) mass is 410 g/mol. The number of hydrogen-bond acceptors (Lipinski definition) is 3. The molecule has 6 heteroatoms. The predicted octanol–water partition coefficient (Wildman–Crippen LogP) is 5.19. The summed E-state index contributed by atoms with van der Waals surface area (Å²) in [5.41, 5.74) is 3.50. The van der Waals surface area contributed by atoms with E-state index in [2.05, 4.69) is 5.10 Å². The van der Waals surface area contributed by atoms with E-state index in [9.17, 15) is 8.42 Å². The number of nitrogens with zero attached hydrogens (tertiary/aromatic N) is 2. The van der Waals surface area contributed by atoms with Crippen molar-refractivity contribution in [2.75, 3.05) is 0 Å². The molecule has 4 nitrogen and oxygen atoms in total. The molecule has 142 valence electrons. The summed E-state index contributed by atoms with van der Waals surface area (Å²) in [5.74, 6) is 0. The summed E-state index contributed by atoms with van der Waals surface area (Å²) in [7, 11) is -3.78. The van der Waals surface area contributed by atoms with E-state index in [4.69, 9.17) is 11.6 Å². The third-order valence-electron chi connectivity index (χ3n) is 4.80. The summed E-state index contributed by atoms with van der Waals surface area (Å²) in [6.07, 6.45) is 0.497. The highest BCUT2D eigenvalue weighted by Gasteiger charge is 2.37. The smallest absolute Gasteiger partial charge is 0.200 e. The molecular formula is C22H19ClN2O2S. The van der Waals surface area contributed by atoms with Crippen LogP contribution in [0.4, 0.5) is 0 Å². The Balaban J connectivity index is 1.79. The first kappa shape index (κ1) is 18.7. The van der Waals surface area contributed by atoms with Crippen molar-refractivity contribution in [2.24, 2.45) is 5.10 Å². The van der Waals surface area contributed by atoms with Crippen LogP contribution in [0.25, 0.3) is 0 Å². The highest BCUT2D eigenvalue weighted by atomic mass is 35.5. The summed E-state index contributed by atoms with van der Waals surface area (Å²) in [4.78, 5) is 0.236. The van der Waals surface area contributed by atoms with Crippen LogP contribution >= 0.6 is 11.6 Å². The van der Waals surface area contributed by atoms with Crippen LogP contribution in [0.15, 0.2) is 88.9 Å². The highest BCUT2D eigenvalue weighted by molar-refractivity contribution is 7.89. The normalized spacial score (nSPS) is 16.9. The lowest BCUT2D eigenvalue weighted by Crippen LogP contribution is -2.27. The van der Waals surface area contributed by atoms with Crippen LogP contribution < -0.4 is 0 Å². The van der Waals surface area contributed by atoms with Crippen LogP contribution in [0.5, 0.6) is 0 Å². The molecule has 0 fully saturated rings. The molecule has 0 aromatic heterocycles. The van der Waals surface area contributed by atoms with Crippen molar-refractivity contribution in [2.45, 2.75) is 24.3 Å². The van der Waals surface area contributed by atoms with Gasteiger partial charge in [0.2, 0.25) is 0 Å². The van der Waals surface area contributed by atoms with Crippen molar-refractivity contribution in [1.82, 2.24) is 4.41 Å². The summed E-state index contributed by atoms with van der Waals surface area (Å²) >= 11 is 5.99. The van der Waals surface area contributed by atoms with Crippen LogP contribution in [-0.4, -0.2) is 18.5 Å². The molecule has 1 aliphatic rings. The second kappa shape index (κ2) is 7.41. The predicted molar refractivity (Wildman–Crippen MR) is 112 cm³/mol. The molecule has 3 aromatic rings. The minimum Gasteiger partial charge on any atom is -0.200 e. The molecule has 0 saturated carbocycles. The van der Waals surface area contributed by atoms with Gasteiger partial charge in [0.25, 0.3) is 10.0 Å². The number of sulfonamides is 1. The van der Waals surface area contributed by atoms with Crippen LogP contribution in [0.2, 0.25) is 5.02 Å². The van der Waals surface area contributed by atoms with Crippen LogP contribution in [-0.2, 0) is 10.0 Å². The van der Waals surface area contributed by atoms with Crippen LogP contribution in [0, 0.1) is 6.92 Å². The molecule has 1 aliphatic heterocycles. The molecule has 0 saturated heterocycles. The zero-order valence-corrected chi connectivity index (χ0v) is 16.9. The lowest BCUT2D eigenvalue weighted by Gasteiger charge is -2.23. The van der Waals surface area contributed by atoms with Crippen molar-refractivity contribution in [3.8, 4) is 0 Å². The van der Waals surface area contributed by atoms with Gasteiger partial charge in [-0.3, -0.25) is 0 Å². The number of benzene rings is 3. The van der Waals surface area contributed by atoms with Gasteiger partial charge in [0.05, 0.1) is 16.6 Å². The van der Waals surface area contributed by atoms with Gasteiger partial charge in [0.15, 0.2) is 0 Å². The van der Waals surface area contributed by atoms with E-state index < -0.39 is 16.1 Å². The van der Waals surface area contributed by atoms with E-state index in [0.717, 1.165) is 22.4 Å². The fourth-order valence-electron chi connectivity index (χ4n) is 3.27. The summed E-state index contributed by atoms with van der Waals surface area (Å²) in [6, 6.07) is 23.4. The van der Waals surface area contributed by atoms with Crippen molar-refractivity contribution in [3.05, 3.63) is 101 Å². The van der Waals surface area contributed by atoms with Crippen molar-refractivity contribution >= 4 is 27.3 Å². The van der Waals surface area contributed by atoms with Gasteiger partial charge in [-0.2, -0.15) is 17.9 Å². The molecule has 0 N–H and O–H groups in total. The average Bonchev–Trinajstić information content (AvgIpc) is 3.16. The number of rotatable bonds is 4. The fourth-order valence-corrected chi connectivity index (χ4v) is 4.83. The third kappa shape index (κ3) is 3.55. The minimum absolute atomic E-state index is 0.236. The molecule has 0 amide bonds. The van der Waals surface area contributed by atoms with E-state index in [1.54, 1.807) is 36.4 Å². The number of hydrazone groups is 1. The van der Waals surface area contributed by atoms with E-state index in [-0.39, 0.29) is 4.90 Å². The minimum atomic E-state index is -3.78. The lowest BCUT2D eigenvalue weighted by atomic mass is 9.99. The first-order valence-electron chi connectivity index (χ1n) is 8.94. The average molecular weight is 411 g/mol. The maximum Gasteiger partial charge on any atom is 0.279 e. The number of aryl methyl sites for hydroxylation is 1. The topological polar surface area (TPSA) is 49.7 Å². The Kier molecular flexibility index (Phi) is 4.96. The molecule has 0 unspecified atom stereocenters. The molecule has 0 spiro atoms. The fraction of sp³-hybridized carbons (Fsp3) is 0.136. The maximum atomic E-state index is 13.4. The summed E-state index contributed by atoms with van der Waals surface area (Å²) < 4.78 is 28.0. The van der Waals surface area contributed by atoms with E-state index >= 15 is 0 Å². The highest BCUT2D eigenvalue weighted by Crippen LogP contribution is 2.37. The molecule has 0 bridgehead atoms. The Labute approximate surface area is 170 Å². The largest absolute Gasteiger partial charge is 0.279 e. The van der Waals surface area contributed by atoms with E-state index in [0.29, 0.717) is 11.4 Å². The first-order valence-corrected chi connectivity index (χ1v) is 10.8. The SMILES string of the molecule is Cc1ccc(S(=O)(=O)N2N=C(c3ccc(Cl)cc3)C[C@@H]2c2ccccc2)cc1. The third-order valence-corrected chi connectivity index (χ3v) is 6.75. The van der Waals surface area contributed by atoms with Gasteiger partial charge < -0.3 is 0 Å². The van der Waals surface area contributed by atoms with Crippen LogP contribution in [0.3, 0.4) is 0 Å². The van der Waals surface area contributed by atoms with Crippen molar-refractivity contribution in [3.63, 3.8) is 0 Å². The zero-order valence-electron chi connectivity index (χ0n) is 15.3. The molecule has 28 heavy (non-hydrogen) atoms. The summed E-state index contributed by atoms with van der Waals surface area (Å²) in [6.45, 7) is 1.93. The molecule has 1 heterocycles. The molecule has 4 rings (SSSR count). The standard InChI is InChI=1S/C22H19ClN2O2S/c1-16-7-13-20(14-8-16)28(26,27)25-22(18-5-3-2-4-6-18)15-21(24-25)17-9-11-19(23)12-10-17/h2-14,22H,15H2,1H3/t22-/m1/s1. The molecular weight excluding hydrogens is 392 g/mol. The lowest BCUT2D eigenvalue weighted by molar-refractivity contribution is 0.371. The van der Waals surface area contributed by atoms with Gasteiger partial charge in [-0.15, -0.1) is 0 Å². The van der Waals surface area contributed by atoms with Gasteiger partial charge in [0, 0.05) is 11.4 Å². The number of halogens is 1. The Morgan fingerprint density at radius 3 is 2.21 bits per heavy atom. The number of hydrogen-bond donors (Lipinski definition) is 0. The summed E-state index contributed by atoms with van der Waals surface area (Å²) in [5, 5.41) is 5.17. The quantitative estimate of drug-likeness (QED) is 0.594. The van der Waals surface area contributed by atoms with Gasteiger partial charge >= 0.3 is 0 Å². The van der Waals surface area contributed by atoms with Crippen molar-refractivity contribution < 1.29 is 8.42 Å². The second-order valence-corrected chi connectivity index (χ2v) is 9.01. The van der Waals surface area contributed by atoms with Gasteiger partial charge in [-0.25, -0.2) is 0 Å². The maximum absolute atomic E-state index is 13.4. The van der Waals surface area contributed by atoms with E-state index in [1.165, 1.54) is 4.41 Å². The Morgan fingerprint density at radius 2 is 1.57 bits per heavy atom. The molecule has 0 radical (unpaired) electrons. The zero-order chi connectivity index (χ0) is 19.7. The Morgan fingerprint density at radius 1 is 0.929 bits per heavy atom. The van der Waals surface area contributed by atoms with Gasteiger partial charge in [0.1, 0.15) is 0 Å². The first-order chi connectivity index (χ1) is 13.4. The van der Waals surface area contributed by atoms with Crippen LogP contribution in [0.1, 0.15) is 29.2 Å². The Bertz CT molecular complexity index is 1110. The molecule has 3 aromatic carbocycles. The van der Waals surface area contributed by atoms with Crippen molar-refractivity contribution in [1.29, 1.82) is 0 Å². The molecule has 0 aliphatic carbocycles. The van der Waals surface area contributed by atoms with Gasteiger partial charge in [-0.05, 0) is 42.3 Å². The Hall–Kier alpha value is -2.63.